The third-order valence-electron chi connectivity index (χ3n) is 4.59. The van der Waals surface area contributed by atoms with E-state index in [1.165, 1.54) is 12.1 Å². The fourth-order valence-corrected chi connectivity index (χ4v) is 4.08. The van der Waals surface area contributed by atoms with Gasteiger partial charge in [-0.3, -0.25) is 4.98 Å². The minimum Gasteiger partial charge on any atom is -0.392 e. The van der Waals surface area contributed by atoms with Crippen LogP contribution in [0.2, 0.25) is 0 Å². The number of pyridine rings is 1. The van der Waals surface area contributed by atoms with Crippen molar-refractivity contribution in [1.82, 2.24) is 14.3 Å². The Morgan fingerprint density at radius 2 is 1.96 bits per heavy atom. The second kappa shape index (κ2) is 8.64. The van der Waals surface area contributed by atoms with Gasteiger partial charge < -0.3 is 9.67 Å². The Hall–Kier alpha value is -2.55. The molecule has 0 bridgehead atoms. The van der Waals surface area contributed by atoms with Crippen LogP contribution in [0.1, 0.15) is 22.5 Å². The van der Waals surface area contributed by atoms with E-state index < -0.39 is 15.8 Å². The summed E-state index contributed by atoms with van der Waals surface area (Å²) in [6.07, 6.45) is 3.93. The largest absolute Gasteiger partial charge is 0.392 e. The van der Waals surface area contributed by atoms with Gasteiger partial charge in [-0.2, -0.15) is 0 Å². The quantitative estimate of drug-likeness (QED) is 0.605. The maximum atomic E-state index is 13.0. The van der Waals surface area contributed by atoms with Crippen LogP contribution in [0.25, 0.3) is 0 Å². The van der Waals surface area contributed by atoms with Crippen LogP contribution in [-0.4, -0.2) is 29.6 Å². The highest BCUT2D eigenvalue weighted by Crippen LogP contribution is 2.18. The third kappa shape index (κ3) is 4.64. The molecule has 28 heavy (non-hydrogen) atoms. The van der Waals surface area contributed by atoms with Gasteiger partial charge in [0, 0.05) is 43.3 Å². The zero-order valence-electron chi connectivity index (χ0n) is 15.5. The van der Waals surface area contributed by atoms with E-state index in [0.717, 1.165) is 34.6 Å². The van der Waals surface area contributed by atoms with Crippen molar-refractivity contribution in [2.75, 3.05) is 6.54 Å². The van der Waals surface area contributed by atoms with E-state index in [1.807, 2.05) is 25.1 Å². The lowest BCUT2D eigenvalue weighted by molar-refractivity contribution is 0.281. The lowest BCUT2D eigenvalue weighted by Crippen LogP contribution is -2.26. The summed E-state index contributed by atoms with van der Waals surface area (Å²) < 4.78 is 42.3. The zero-order valence-corrected chi connectivity index (χ0v) is 16.3. The first-order valence-electron chi connectivity index (χ1n) is 8.83. The maximum Gasteiger partial charge on any atom is 0.240 e. The van der Waals surface area contributed by atoms with Crippen LogP contribution in [0.5, 0.6) is 0 Å². The molecule has 0 spiro atoms. The van der Waals surface area contributed by atoms with Crippen LogP contribution < -0.4 is 4.72 Å². The molecule has 2 N–H and O–H groups in total. The van der Waals surface area contributed by atoms with Gasteiger partial charge in [-0.25, -0.2) is 17.5 Å². The number of aliphatic hydroxyl groups is 1. The summed E-state index contributed by atoms with van der Waals surface area (Å²) in [5, 5.41) is 9.58. The lowest BCUT2D eigenvalue weighted by atomic mass is 10.2. The molecule has 148 valence electrons. The molecule has 0 amide bonds. The molecule has 0 aliphatic rings. The van der Waals surface area contributed by atoms with Crippen molar-refractivity contribution in [3.05, 3.63) is 83.2 Å². The topological polar surface area (TPSA) is 84.2 Å². The van der Waals surface area contributed by atoms with E-state index in [9.17, 15) is 17.9 Å². The first-order chi connectivity index (χ1) is 13.4. The second-order valence-electron chi connectivity index (χ2n) is 6.45. The van der Waals surface area contributed by atoms with Crippen molar-refractivity contribution in [2.45, 2.75) is 31.4 Å². The van der Waals surface area contributed by atoms with E-state index in [4.69, 9.17) is 0 Å². The molecule has 8 heteroatoms. The minimum atomic E-state index is -3.71. The molecule has 0 aliphatic heterocycles. The Kier molecular flexibility index (Phi) is 6.23. The molecule has 0 aliphatic carbocycles. The van der Waals surface area contributed by atoms with Crippen molar-refractivity contribution < 1.29 is 17.9 Å². The lowest BCUT2D eigenvalue weighted by Gasteiger charge is -2.13. The number of benzene rings is 1. The molecule has 1 aromatic carbocycles. The Balaban J connectivity index is 1.74. The van der Waals surface area contributed by atoms with Crippen molar-refractivity contribution in [2.24, 2.45) is 0 Å². The van der Waals surface area contributed by atoms with Gasteiger partial charge in [-0.15, -0.1) is 0 Å². The highest BCUT2D eigenvalue weighted by molar-refractivity contribution is 7.89. The Morgan fingerprint density at radius 1 is 1.21 bits per heavy atom. The van der Waals surface area contributed by atoms with Crippen molar-refractivity contribution in [3.63, 3.8) is 0 Å². The van der Waals surface area contributed by atoms with Gasteiger partial charge >= 0.3 is 0 Å². The molecule has 2 heterocycles. The molecule has 0 saturated heterocycles. The summed E-state index contributed by atoms with van der Waals surface area (Å²) in [4.78, 5) is 4.14. The smallest absolute Gasteiger partial charge is 0.240 e. The number of hydrogen-bond acceptors (Lipinski definition) is 4. The first kappa shape index (κ1) is 20.2. The normalized spacial score (nSPS) is 11.7. The predicted octanol–water partition coefficient (Wildman–Crippen LogP) is 2.39. The SMILES string of the molecule is Cc1c(CO)cc(CCNS(=O)(=O)c2ccc(F)cc2)n1Cc1cccnc1. The number of sulfonamides is 1. The summed E-state index contributed by atoms with van der Waals surface area (Å²) in [7, 11) is -3.71. The summed E-state index contributed by atoms with van der Waals surface area (Å²) in [6.45, 7) is 2.61. The molecule has 2 aromatic heterocycles. The first-order valence-corrected chi connectivity index (χ1v) is 10.3. The summed E-state index contributed by atoms with van der Waals surface area (Å²) in [5.41, 5.74) is 3.66. The second-order valence-corrected chi connectivity index (χ2v) is 8.22. The standard InChI is InChI=1S/C20H22FN3O3S/c1-15-17(14-25)11-19(24(15)13-16-3-2-9-22-12-16)8-10-23-28(26,27)20-6-4-18(21)5-7-20/h2-7,9,11-12,23,25H,8,10,13-14H2,1H3. The van der Waals surface area contributed by atoms with Crippen LogP contribution in [-0.2, 0) is 29.6 Å². The van der Waals surface area contributed by atoms with Gasteiger partial charge in [0.05, 0.1) is 11.5 Å². The maximum absolute atomic E-state index is 13.0. The fourth-order valence-electron chi connectivity index (χ4n) is 3.04. The Labute approximate surface area is 163 Å². The number of aromatic nitrogens is 2. The highest BCUT2D eigenvalue weighted by atomic mass is 32.2. The van der Waals surface area contributed by atoms with Crippen LogP contribution in [0.3, 0.4) is 0 Å². The molecular weight excluding hydrogens is 381 g/mol. The van der Waals surface area contributed by atoms with E-state index in [0.29, 0.717) is 13.0 Å². The average Bonchev–Trinajstić information content (AvgIpc) is 2.98. The fraction of sp³-hybridized carbons (Fsp3) is 0.250. The molecule has 3 aromatic rings. The number of nitrogens with one attached hydrogen (secondary N) is 1. The number of aliphatic hydroxyl groups excluding tert-OH is 1. The molecular formula is C20H22FN3O3S. The van der Waals surface area contributed by atoms with Gasteiger partial charge in [-0.05, 0) is 54.4 Å². The van der Waals surface area contributed by atoms with Gasteiger partial charge in [0.15, 0.2) is 0 Å². The van der Waals surface area contributed by atoms with E-state index in [2.05, 4.69) is 14.3 Å². The molecule has 3 rings (SSSR count). The number of nitrogens with zero attached hydrogens (tertiary/aromatic N) is 2. The average molecular weight is 403 g/mol. The van der Waals surface area contributed by atoms with Crippen molar-refractivity contribution in [3.8, 4) is 0 Å². The molecule has 6 nitrogen and oxygen atoms in total. The number of halogens is 1. The van der Waals surface area contributed by atoms with E-state index in [-0.39, 0.29) is 18.0 Å². The van der Waals surface area contributed by atoms with Crippen molar-refractivity contribution in [1.29, 1.82) is 0 Å². The minimum absolute atomic E-state index is 0.0203. The predicted molar refractivity (Wildman–Crippen MR) is 104 cm³/mol. The zero-order chi connectivity index (χ0) is 20.1. The molecule has 0 radical (unpaired) electrons. The Morgan fingerprint density at radius 3 is 2.61 bits per heavy atom. The number of rotatable bonds is 8. The van der Waals surface area contributed by atoms with Gasteiger partial charge in [-0.1, -0.05) is 6.07 Å². The highest BCUT2D eigenvalue weighted by Gasteiger charge is 2.16. The Bertz CT molecular complexity index is 1030. The van der Waals surface area contributed by atoms with Crippen LogP contribution in [0.4, 0.5) is 4.39 Å². The van der Waals surface area contributed by atoms with E-state index >= 15 is 0 Å². The van der Waals surface area contributed by atoms with Gasteiger partial charge in [0.25, 0.3) is 0 Å². The van der Waals surface area contributed by atoms with Crippen LogP contribution in [0, 0.1) is 12.7 Å². The molecule has 0 unspecified atom stereocenters. The monoisotopic (exact) mass is 403 g/mol. The van der Waals surface area contributed by atoms with Crippen LogP contribution in [0.15, 0.2) is 59.8 Å². The molecule has 0 atom stereocenters. The third-order valence-corrected chi connectivity index (χ3v) is 6.07. The number of hydrogen-bond donors (Lipinski definition) is 2. The summed E-state index contributed by atoms with van der Waals surface area (Å²) >= 11 is 0. The summed E-state index contributed by atoms with van der Waals surface area (Å²) in [6, 6.07) is 10.4. The van der Waals surface area contributed by atoms with E-state index in [1.54, 1.807) is 12.4 Å². The van der Waals surface area contributed by atoms with Crippen molar-refractivity contribution >= 4 is 10.0 Å². The van der Waals surface area contributed by atoms with Gasteiger partial charge in [0.1, 0.15) is 5.82 Å². The van der Waals surface area contributed by atoms with Crippen LogP contribution >= 0.6 is 0 Å². The molecule has 0 saturated carbocycles. The molecule has 0 fully saturated rings. The van der Waals surface area contributed by atoms with Gasteiger partial charge in [0.2, 0.25) is 10.0 Å². The summed E-state index contributed by atoms with van der Waals surface area (Å²) in [5.74, 6) is -0.487.